The fourth-order valence-corrected chi connectivity index (χ4v) is 0. The first kappa shape index (κ1) is 275. The van der Waals surface area contributed by atoms with E-state index >= 15 is 0 Å². The van der Waals surface area contributed by atoms with Crippen LogP contribution in [-0.4, -0.2) is 0 Å². The number of hydrogen-bond acceptors (Lipinski definition) is 0. The van der Waals surface area contributed by atoms with Crippen molar-refractivity contribution >= 4 is 0 Å². The third kappa shape index (κ3) is 198. The molecule has 0 unspecified atom stereocenters. The second-order valence-electron chi connectivity index (χ2n) is 0. The summed E-state index contributed by atoms with van der Waals surface area (Å²) in [6.45, 7) is 0. The average Bonchev–Trinajstić information content (AvgIpc) is 0. The monoisotopic (exact) mass is 524 g/mol. The van der Waals surface area contributed by atoms with Gasteiger partial charge in [0.05, 0.1) is 0 Å². The van der Waals surface area contributed by atoms with Crippen molar-refractivity contribution in [2.75, 3.05) is 0 Å². The fraction of sp³-hybridized carbons (Fsp3) is 0. The third-order valence-corrected chi connectivity index (χ3v) is 0. The Morgan fingerprint density at radius 1 is 0.231 bits per heavy atom. The van der Waals surface area contributed by atoms with Gasteiger partial charge in [-0.2, -0.15) is 0 Å². The molecule has 0 atom stereocenters. The van der Waals surface area contributed by atoms with Crippen molar-refractivity contribution in [1.29, 1.82) is 0 Å². The summed E-state index contributed by atoms with van der Waals surface area (Å²) in [5, 5.41) is 0. The van der Waals surface area contributed by atoms with Crippen LogP contribution < -0.4 is 0 Å². The maximum absolute atomic E-state index is 0. The van der Waals surface area contributed by atoms with Gasteiger partial charge in [-0.3, -0.25) is 0 Å². The third-order valence-electron chi connectivity index (χ3n) is 0. The van der Waals surface area contributed by atoms with Crippen molar-refractivity contribution in [1.82, 2.24) is 0 Å². The van der Waals surface area contributed by atoms with Gasteiger partial charge in [0, 0.05) is 0 Å². The van der Waals surface area contributed by atoms with Crippen LogP contribution in [0.3, 0.4) is 0 Å². The van der Waals surface area contributed by atoms with Gasteiger partial charge in [-0.15, -0.1) is 0 Å². The number of rotatable bonds is 0. The minimum atomic E-state index is 0. The molecule has 13 heteroatoms. The summed E-state index contributed by atoms with van der Waals surface area (Å²) in [6, 6.07) is 0. The van der Waals surface area contributed by atoms with E-state index in [4.69, 9.17) is 0 Å². The van der Waals surface area contributed by atoms with Crippen LogP contribution in [0.25, 0.3) is 43.1 Å². The van der Waals surface area contributed by atoms with Crippen molar-refractivity contribution in [3.05, 3.63) is 43.1 Å². The molecule has 3 radical (unpaired) electrons. The Kier molecular flexibility index (Phi) is 4810. The summed E-state index contributed by atoms with van der Waals surface area (Å²) in [4.78, 5) is 0. The van der Waals surface area contributed by atoms with Gasteiger partial charge in [-0.1, -0.05) is 0 Å². The van der Waals surface area contributed by atoms with Crippen LogP contribution >= 0.6 is 0 Å². The zero-order chi connectivity index (χ0) is 0. The van der Waals surface area contributed by atoms with Gasteiger partial charge in [0.25, 0.3) is 0 Å². The molecule has 0 bridgehead atoms. The Morgan fingerprint density at radius 3 is 0.231 bits per heavy atom. The molecule has 0 saturated heterocycles. The van der Waals surface area contributed by atoms with Crippen LogP contribution in [0.2, 0.25) is 0 Å². The molecule has 0 aliphatic rings. The standard InChI is InChI=1S/3Cr.7N.3Zr/q3*+3;7*-3;3*+4. The quantitative estimate of drug-likeness (QED) is 0.442. The van der Waals surface area contributed by atoms with Crippen molar-refractivity contribution < 1.29 is 131 Å². The second-order valence-corrected chi connectivity index (χ2v) is 0. The van der Waals surface area contributed by atoms with E-state index in [1.807, 2.05) is 0 Å². The molecular formula is Cr3N7Zr3. The Balaban J connectivity index is 0. The van der Waals surface area contributed by atoms with Gasteiger partial charge in [-0.05, 0) is 0 Å². The van der Waals surface area contributed by atoms with Gasteiger partial charge in [-0.25, -0.2) is 0 Å². The summed E-state index contributed by atoms with van der Waals surface area (Å²) in [6.07, 6.45) is 0. The van der Waals surface area contributed by atoms with Crippen LogP contribution in [0.15, 0.2) is 0 Å². The van der Waals surface area contributed by atoms with Gasteiger partial charge < -0.3 is 43.1 Å². The van der Waals surface area contributed by atoms with E-state index in [0.717, 1.165) is 0 Å². The Bertz CT molecular complexity index is 18.9. The molecule has 0 saturated carbocycles. The number of hydrogen-bond donors (Lipinski definition) is 0. The minimum Gasteiger partial charge on any atom is -3.00 e. The molecule has 0 aliphatic heterocycles. The molecule has 0 rings (SSSR count). The van der Waals surface area contributed by atoms with Crippen LogP contribution in [0.4, 0.5) is 0 Å². The van der Waals surface area contributed by atoms with Crippen LogP contribution in [0.1, 0.15) is 0 Å². The molecule has 13 heavy (non-hydrogen) atoms. The van der Waals surface area contributed by atoms with E-state index in [1.165, 1.54) is 0 Å². The molecular weight excluding hydrogens is 528 g/mol. The first-order valence-electron chi connectivity index (χ1n) is 0. The molecule has 65 valence electrons. The van der Waals surface area contributed by atoms with E-state index < -0.39 is 0 Å². The molecule has 0 fully saturated rings. The smallest absolute Gasteiger partial charge is 3.00 e. The molecule has 0 spiro atoms. The van der Waals surface area contributed by atoms with Crippen molar-refractivity contribution in [3.8, 4) is 0 Å². The number of nitrogens with zero attached hydrogens (tertiary/aromatic N) is 7. The fourth-order valence-electron chi connectivity index (χ4n) is 0. The summed E-state index contributed by atoms with van der Waals surface area (Å²) in [5.74, 6) is 0. The topological polar surface area (TPSA) is 214 Å². The second kappa shape index (κ2) is 227. The van der Waals surface area contributed by atoms with Crippen molar-refractivity contribution in [3.63, 3.8) is 0 Å². The summed E-state index contributed by atoms with van der Waals surface area (Å²) >= 11 is 0. The van der Waals surface area contributed by atoms with Crippen molar-refractivity contribution in [2.45, 2.75) is 0 Å². The van der Waals surface area contributed by atoms with Crippen LogP contribution in [0, 0.1) is 0 Å². The molecule has 0 N–H and O–H groups in total. The summed E-state index contributed by atoms with van der Waals surface area (Å²) in [5.41, 5.74) is 0. The minimum absolute atomic E-state index is 0. The Labute approximate surface area is 171 Å². The zero-order valence-electron chi connectivity index (χ0n) is 5.86. The van der Waals surface area contributed by atoms with Gasteiger partial charge in [0.1, 0.15) is 0 Å². The maximum Gasteiger partial charge on any atom is 4.00 e. The maximum atomic E-state index is 0. The molecule has 0 aliphatic carbocycles. The van der Waals surface area contributed by atoms with E-state index in [9.17, 15) is 0 Å². The first-order chi connectivity index (χ1) is 0. The average molecular weight is 528 g/mol. The van der Waals surface area contributed by atoms with E-state index in [0.29, 0.717) is 0 Å². The predicted molar refractivity (Wildman–Crippen MR) is 23.5 cm³/mol. The van der Waals surface area contributed by atoms with Gasteiger partial charge in [0.15, 0.2) is 0 Å². The summed E-state index contributed by atoms with van der Waals surface area (Å²) < 4.78 is 0. The van der Waals surface area contributed by atoms with E-state index in [2.05, 4.69) is 0 Å². The van der Waals surface area contributed by atoms with E-state index in [1.54, 1.807) is 0 Å². The normalized spacial score (nSPS) is 0. The van der Waals surface area contributed by atoms with Crippen molar-refractivity contribution in [2.24, 2.45) is 0 Å². The largest absolute Gasteiger partial charge is 4.00 e. The zero-order valence-corrected chi connectivity index (χ0v) is 17.1. The van der Waals surface area contributed by atoms with Gasteiger partial charge in [0.2, 0.25) is 0 Å². The molecule has 7 nitrogen and oxygen atoms in total. The van der Waals surface area contributed by atoms with Crippen LogP contribution in [0.5, 0.6) is 0 Å². The predicted octanol–water partition coefficient (Wildman–Crippen LogP) is 2.01. The molecule has 0 heterocycles. The Morgan fingerprint density at radius 2 is 0.231 bits per heavy atom. The molecule has 0 amide bonds. The SMILES string of the molecule is [Cr+3].[Cr+3].[Cr+3].[N-3].[N-3].[N-3].[N-3].[N-3].[N-3].[N-3].[Zr+4].[Zr+4].[Zr+4]. The first-order valence-corrected chi connectivity index (χ1v) is 0. The van der Waals surface area contributed by atoms with Gasteiger partial charge >= 0.3 is 131 Å². The Hall–Kier alpha value is 3.97. The van der Waals surface area contributed by atoms with E-state index in [-0.39, 0.29) is 174 Å². The van der Waals surface area contributed by atoms with Crippen LogP contribution in [-0.2, 0) is 131 Å². The molecule has 0 aromatic heterocycles. The molecule has 0 aromatic carbocycles. The molecule has 0 aromatic rings. The summed E-state index contributed by atoms with van der Waals surface area (Å²) in [7, 11) is 0.